The van der Waals surface area contributed by atoms with Crippen molar-refractivity contribution in [1.82, 2.24) is 0 Å². The molecule has 3 aromatic rings. The van der Waals surface area contributed by atoms with E-state index in [0.717, 1.165) is 12.1 Å². The summed E-state index contributed by atoms with van der Waals surface area (Å²) in [6, 6.07) is 20.4. The third kappa shape index (κ3) is 5.11. The van der Waals surface area contributed by atoms with Crippen molar-refractivity contribution < 1.29 is 34.7 Å². The molecule has 0 N–H and O–H groups in total. The Hall–Kier alpha value is -2.34. The Labute approximate surface area is 199 Å². The van der Waals surface area contributed by atoms with Crippen molar-refractivity contribution in [1.29, 1.82) is 0 Å². The summed E-state index contributed by atoms with van der Waals surface area (Å²) in [5, 5.41) is -4.98. The normalized spacial score (nSPS) is 12.8. The lowest BCUT2D eigenvalue weighted by atomic mass is 10.3. The zero-order chi connectivity index (χ0) is 24.1. The predicted molar refractivity (Wildman–Crippen MR) is 121 cm³/mol. The first kappa shape index (κ1) is 25.3. The van der Waals surface area contributed by atoms with E-state index < -0.39 is 44.1 Å². The van der Waals surface area contributed by atoms with Gasteiger partial charge in [0.2, 0.25) is 0 Å². The molecule has 3 aromatic carbocycles. The lowest BCUT2D eigenvalue weighted by molar-refractivity contribution is -0.160. The Bertz CT molecular complexity index is 1170. The van der Waals surface area contributed by atoms with Crippen molar-refractivity contribution in [2.45, 2.75) is 19.9 Å². The molecular formula is C22H18BrF3O5S2. The zero-order valence-corrected chi connectivity index (χ0v) is 20.1. The first-order chi connectivity index (χ1) is 15.6. The number of hydrogen-bond donors (Lipinski definition) is 0. The molecule has 176 valence electrons. The van der Waals surface area contributed by atoms with Gasteiger partial charge in [0, 0.05) is 20.0 Å². The maximum absolute atomic E-state index is 14.8. The van der Waals surface area contributed by atoms with Crippen LogP contribution in [-0.4, -0.2) is 31.6 Å². The average molecular weight is 563 g/mol. The molecule has 0 saturated heterocycles. The van der Waals surface area contributed by atoms with Gasteiger partial charge in [0.05, 0.1) is 0 Å². The molecule has 0 aliphatic heterocycles. The summed E-state index contributed by atoms with van der Waals surface area (Å²) >= 11 is 2.91. The SMILES string of the molecule is O=C(OCCBr)C(F)(F)S(=O)(=O)OS(c1ccccc1)(c1ccccc1)c1cccc(F)c1. The van der Waals surface area contributed by atoms with Crippen LogP contribution in [0.5, 0.6) is 0 Å². The summed E-state index contributed by atoms with van der Waals surface area (Å²) in [7, 11) is -9.39. The number of hydrogen-bond acceptors (Lipinski definition) is 5. The molecule has 0 amide bonds. The van der Waals surface area contributed by atoms with Crippen LogP contribution in [0.15, 0.2) is 99.6 Å². The number of rotatable bonds is 9. The minimum atomic E-state index is -5.91. The largest absolute Gasteiger partial charge is 0.466 e. The van der Waals surface area contributed by atoms with Crippen LogP contribution in [0.2, 0.25) is 0 Å². The van der Waals surface area contributed by atoms with Gasteiger partial charge in [-0.25, -0.2) is 12.8 Å². The van der Waals surface area contributed by atoms with E-state index in [4.69, 9.17) is 3.63 Å². The molecule has 0 spiro atoms. The van der Waals surface area contributed by atoms with Gasteiger partial charge in [-0.2, -0.15) is 17.2 Å². The van der Waals surface area contributed by atoms with Crippen LogP contribution in [0, 0.1) is 5.82 Å². The van der Waals surface area contributed by atoms with Crippen molar-refractivity contribution in [2.75, 3.05) is 11.9 Å². The number of ether oxygens (including phenoxy) is 1. The predicted octanol–water partition coefficient (Wildman–Crippen LogP) is 5.90. The number of carbonyl (C=O) groups is 1. The van der Waals surface area contributed by atoms with Gasteiger partial charge in [-0.3, -0.25) is 0 Å². The van der Waals surface area contributed by atoms with Gasteiger partial charge in [0.1, 0.15) is 12.4 Å². The monoisotopic (exact) mass is 562 g/mol. The molecule has 0 radical (unpaired) electrons. The summed E-state index contributed by atoms with van der Waals surface area (Å²) in [5.74, 6) is -2.99. The average Bonchev–Trinajstić information content (AvgIpc) is 2.82. The maximum Gasteiger partial charge on any atom is 0.466 e. The highest BCUT2D eigenvalue weighted by molar-refractivity contribution is 9.09. The number of halogens is 4. The van der Waals surface area contributed by atoms with E-state index in [-0.39, 0.29) is 20.0 Å². The minimum absolute atomic E-state index is 0.00750. The van der Waals surface area contributed by atoms with Crippen LogP contribution in [0.1, 0.15) is 0 Å². The van der Waals surface area contributed by atoms with Crippen LogP contribution >= 0.6 is 26.2 Å². The Balaban J connectivity index is 2.28. The summed E-state index contributed by atoms with van der Waals surface area (Å²) in [6.45, 7) is -0.469. The molecule has 33 heavy (non-hydrogen) atoms. The molecule has 0 heterocycles. The van der Waals surface area contributed by atoms with Gasteiger partial charge in [0.15, 0.2) is 0 Å². The topological polar surface area (TPSA) is 69.7 Å². The Morgan fingerprint density at radius 3 is 1.85 bits per heavy atom. The van der Waals surface area contributed by atoms with Gasteiger partial charge in [-0.1, -0.05) is 58.4 Å². The van der Waals surface area contributed by atoms with E-state index in [0.29, 0.717) is 0 Å². The lowest BCUT2D eigenvalue weighted by Crippen LogP contribution is -2.41. The molecule has 0 bridgehead atoms. The summed E-state index contributed by atoms with van der Waals surface area (Å²) in [5.41, 5.74) is 0. The number of benzene rings is 3. The van der Waals surface area contributed by atoms with E-state index in [1.807, 2.05) is 0 Å². The molecule has 0 unspecified atom stereocenters. The van der Waals surface area contributed by atoms with Gasteiger partial charge in [0.25, 0.3) is 0 Å². The van der Waals surface area contributed by atoms with Gasteiger partial charge in [-0.05, 0) is 52.8 Å². The number of esters is 1. The highest BCUT2D eigenvalue weighted by Crippen LogP contribution is 2.70. The molecule has 0 saturated carbocycles. The van der Waals surface area contributed by atoms with Crippen LogP contribution in [0.3, 0.4) is 0 Å². The Morgan fingerprint density at radius 1 is 0.848 bits per heavy atom. The summed E-state index contributed by atoms with van der Waals surface area (Å²) in [4.78, 5) is 12.3. The van der Waals surface area contributed by atoms with Gasteiger partial charge >= 0.3 is 21.3 Å². The molecule has 0 fully saturated rings. The molecule has 11 heteroatoms. The maximum atomic E-state index is 14.8. The third-order valence-electron chi connectivity index (χ3n) is 4.33. The fraction of sp³-hybridized carbons (Fsp3) is 0.136. The van der Waals surface area contributed by atoms with E-state index in [1.54, 1.807) is 36.4 Å². The van der Waals surface area contributed by atoms with E-state index in [9.17, 15) is 26.4 Å². The fourth-order valence-corrected chi connectivity index (χ4v) is 8.12. The highest BCUT2D eigenvalue weighted by Gasteiger charge is 2.58. The first-order valence-corrected chi connectivity index (χ1v) is 13.5. The van der Waals surface area contributed by atoms with Crippen molar-refractivity contribution >= 4 is 42.3 Å². The van der Waals surface area contributed by atoms with Crippen molar-refractivity contribution in [3.05, 3.63) is 90.7 Å². The van der Waals surface area contributed by atoms with Crippen LogP contribution in [-0.2, 0) is 23.3 Å². The summed E-state index contributed by atoms with van der Waals surface area (Å²) in [6.07, 6.45) is 0. The van der Waals surface area contributed by atoms with Crippen LogP contribution in [0.25, 0.3) is 0 Å². The number of alkyl halides is 3. The minimum Gasteiger partial charge on any atom is -0.459 e. The zero-order valence-electron chi connectivity index (χ0n) is 16.9. The second kappa shape index (κ2) is 10.3. The Morgan fingerprint density at radius 2 is 1.36 bits per heavy atom. The molecular weight excluding hydrogens is 545 g/mol. The smallest absolute Gasteiger partial charge is 0.459 e. The quantitative estimate of drug-likeness (QED) is 0.240. The lowest BCUT2D eigenvalue weighted by Gasteiger charge is -2.39. The highest BCUT2D eigenvalue weighted by atomic mass is 79.9. The molecule has 0 aliphatic rings. The van der Waals surface area contributed by atoms with E-state index in [1.165, 1.54) is 36.4 Å². The van der Waals surface area contributed by atoms with E-state index in [2.05, 4.69) is 20.7 Å². The van der Waals surface area contributed by atoms with Crippen molar-refractivity contribution in [3.8, 4) is 0 Å². The van der Waals surface area contributed by atoms with Crippen LogP contribution < -0.4 is 0 Å². The molecule has 0 atom stereocenters. The second-order valence-corrected chi connectivity index (χ2v) is 11.8. The molecule has 5 nitrogen and oxygen atoms in total. The summed E-state index contributed by atoms with van der Waals surface area (Å²) < 4.78 is 79.4. The standard InChI is InChI=1S/C22H18BrF3O5S2/c23-14-15-30-21(27)22(25,26)33(28,29)31-32(18-9-3-1-4-10-18,19-11-5-2-6-12-19)20-13-7-8-17(24)16-20/h1-13,16H,14-15H2. The second-order valence-electron chi connectivity index (χ2n) is 6.50. The third-order valence-corrected chi connectivity index (χ3v) is 9.77. The number of carbonyl (C=O) groups excluding carboxylic acids is 1. The van der Waals surface area contributed by atoms with E-state index >= 15 is 0 Å². The Kier molecular flexibility index (Phi) is 7.88. The van der Waals surface area contributed by atoms with Crippen LogP contribution in [0.4, 0.5) is 13.2 Å². The molecule has 0 aromatic heterocycles. The fourth-order valence-electron chi connectivity index (χ4n) is 2.89. The molecule has 3 rings (SSSR count). The molecule has 0 aliphatic carbocycles. The van der Waals surface area contributed by atoms with Gasteiger partial charge < -0.3 is 4.74 Å². The van der Waals surface area contributed by atoms with Crippen molar-refractivity contribution in [3.63, 3.8) is 0 Å². The van der Waals surface area contributed by atoms with Gasteiger partial charge in [-0.15, -0.1) is 0 Å². The van der Waals surface area contributed by atoms with Crippen molar-refractivity contribution in [2.24, 2.45) is 0 Å². The first-order valence-electron chi connectivity index (χ1n) is 9.41.